The first-order valence-electron chi connectivity index (χ1n) is 8.78. The Morgan fingerprint density at radius 1 is 1.48 bits per heavy atom. The fraction of sp³-hybridized carbons (Fsp3) is 0.588. The molecular weight excluding hydrogens is 363 g/mol. The molecule has 27 heavy (non-hydrogen) atoms. The summed E-state index contributed by atoms with van der Waals surface area (Å²) in [4.78, 5) is 19.6. The lowest BCUT2D eigenvalue weighted by atomic mass is 9.97. The summed E-state index contributed by atoms with van der Waals surface area (Å²) in [5.74, 6) is 1.22. The number of hydrogen-bond donors (Lipinski definition) is 1. The van der Waals surface area contributed by atoms with Gasteiger partial charge in [0.25, 0.3) is 0 Å². The first-order valence-corrected chi connectivity index (χ1v) is 8.78. The van der Waals surface area contributed by atoms with E-state index in [1.54, 1.807) is 12.1 Å². The van der Waals surface area contributed by atoms with Crippen LogP contribution in [0.25, 0.3) is 0 Å². The van der Waals surface area contributed by atoms with E-state index in [1.807, 2.05) is 11.8 Å². The SMILES string of the molecule is Cc1nc([C@H]2CCCN(CC(=O)N(Cc3ccco3)CC(F)(F)F)C2)n[nH]1. The fourth-order valence-electron chi connectivity index (χ4n) is 3.28. The number of hydrogen-bond acceptors (Lipinski definition) is 5. The van der Waals surface area contributed by atoms with Gasteiger partial charge in [-0.2, -0.15) is 18.3 Å². The molecule has 0 aliphatic carbocycles. The molecule has 2 aromatic heterocycles. The Morgan fingerprint density at radius 3 is 2.93 bits per heavy atom. The summed E-state index contributed by atoms with van der Waals surface area (Å²) in [7, 11) is 0. The highest BCUT2D eigenvalue weighted by molar-refractivity contribution is 5.78. The van der Waals surface area contributed by atoms with Crippen molar-refractivity contribution in [3.8, 4) is 0 Å². The number of amides is 1. The zero-order valence-corrected chi connectivity index (χ0v) is 15.0. The molecule has 0 aromatic carbocycles. The fourth-order valence-corrected chi connectivity index (χ4v) is 3.28. The van der Waals surface area contributed by atoms with Gasteiger partial charge in [0.05, 0.1) is 19.4 Å². The second-order valence-electron chi connectivity index (χ2n) is 6.80. The van der Waals surface area contributed by atoms with E-state index < -0.39 is 18.6 Å². The summed E-state index contributed by atoms with van der Waals surface area (Å²) >= 11 is 0. The Hall–Kier alpha value is -2.36. The molecule has 1 aliphatic rings. The minimum atomic E-state index is -4.47. The minimum Gasteiger partial charge on any atom is -0.467 e. The van der Waals surface area contributed by atoms with Crippen LogP contribution < -0.4 is 0 Å². The molecule has 1 aliphatic heterocycles. The lowest BCUT2D eigenvalue weighted by molar-refractivity contribution is -0.163. The van der Waals surface area contributed by atoms with E-state index >= 15 is 0 Å². The third-order valence-electron chi connectivity index (χ3n) is 4.49. The van der Waals surface area contributed by atoms with Crippen LogP contribution in [0.15, 0.2) is 22.8 Å². The van der Waals surface area contributed by atoms with Gasteiger partial charge in [-0.3, -0.25) is 14.8 Å². The minimum absolute atomic E-state index is 0.0673. The number of aryl methyl sites for hydroxylation is 1. The number of H-pyrrole nitrogens is 1. The van der Waals surface area contributed by atoms with Gasteiger partial charge >= 0.3 is 6.18 Å². The third kappa shape index (κ3) is 5.56. The highest BCUT2D eigenvalue weighted by atomic mass is 19.4. The van der Waals surface area contributed by atoms with E-state index in [-0.39, 0.29) is 19.0 Å². The molecule has 3 rings (SSSR count). The van der Waals surface area contributed by atoms with Crippen molar-refractivity contribution in [2.45, 2.75) is 38.4 Å². The topological polar surface area (TPSA) is 78.3 Å². The third-order valence-corrected chi connectivity index (χ3v) is 4.49. The summed E-state index contributed by atoms with van der Waals surface area (Å²) in [6, 6.07) is 3.14. The molecule has 10 heteroatoms. The van der Waals surface area contributed by atoms with Crippen LogP contribution in [0, 0.1) is 6.92 Å². The van der Waals surface area contributed by atoms with Gasteiger partial charge in [0.2, 0.25) is 5.91 Å². The summed E-state index contributed by atoms with van der Waals surface area (Å²) in [6.07, 6.45) is -1.37. The van der Waals surface area contributed by atoms with Crippen LogP contribution >= 0.6 is 0 Å². The maximum Gasteiger partial charge on any atom is 0.406 e. The maximum absolute atomic E-state index is 12.9. The molecule has 3 heterocycles. The van der Waals surface area contributed by atoms with Crippen LogP contribution in [-0.2, 0) is 11.3 Å². The summed E-state index contributed by atoms with van der Waals surface area (Å²) in [5, 5.41) is 6.97. The van der Waals surface area contributed by atoms with Crippen molar-refractivity contribution in [2.75, 3.05) is 26.2 Å². The Bertz CT molecular complexity index is 744. The number of rotatable bonds is 6. The molecular formula is C17H22F3N5O2. The van der Waals surface area contributed by atoms with Gasteiger partial charge in [-0.15, -0.1) is 0 Å². The first kappa shape index (κ1) is 19.4. The van der Waals surface area contributed by atoms with Crippen LogP contribution in [-0.4, -0.2) is 63.2 Å². The van der Waals surface area contributed by atoms with Gasteiger partial charge in [0.15, 0.2) is 5.82 Å². The number of piperidine rings is 1. The second kappa shape index (κ2) is 8.12. The number of alkyl halides is 3. The van der Waals surface area contributed by atoms with Crippen molar-refractivity contribution in [1.29, 1.82) is 0 Å². The summed E-state index contributed by atoms with van der Waals surface area (Å²) in [6.45, 7) is 1.43. The lowest BCUT2D eigenvalue weighted by Gasteiger charge is -2.32. The van der Waals surface area contributed by atoms with Crippen LogP contribution in [0.1, 0.15) is 36.2 Å². The number of aromatic nitrogens is 3. The van der Waals surface area contributed by atoms with E-state index in [2.05, 4.69) is 15.2 Å². The first-order chi connectivity index (χ1) is 12.8. The van der Waals surface area contributed by atoms with Gasteiger partial charge < -0.3 is 9.32 Å². The number of halogens is 3. The van der Waals surface area contributed by atoms with Crippen LogP contribution in [0.5, 0.6) is 0 Å². The molecule has 1 amide bonds. The molecule has 0 saturated carbocycles. The highest BCUT2D eigenvalue weighted by Crippen LogP contribution is 2.25. The van der Waals surface area contributed by atoms with Gasteiger partial charge in [-0.1, -0.05) is 0 Å². The zero-order valence-electron chi connectivity index (χ0n) is 15.0. The van der Waals surface area contributed by atoms with Crippen LogP contribution in [0.4, 0.5) is 13.2 Å². The summed E-state index contributed by atoms with van der Waals surface area (Å²) in [5.41, 5.74) is 0. The molecule has 1 fully saturated rings. The average Bonchev–Trinajstić information content (AvgIpc) is 3.25. The van der Waals surface area contributed by atoms with Crippen molar-refractivity contribution in [1.82, 2.24) is 25.0 Å². The van der Waals surface area contributed by atoms with Crippen LogP contribution in [0.3, 0.4) is 0 Å². The lowest BCUT2D eigenvalue weighted by Crippen LogP contribution is -2.46. The maximum atomic E-state index is 12.9. The van der Waals surface area contributed by atoms with Crippen molar-refractivity contribution in [3.63, 3.8) is 0 Å². The van der Waals surface area contributed by atoms with Gasteiger partial charge in [-0.25, -0.2) is 4.98 Å². The molecule has 0 bridgehead atoms. The number of nitrogens with zero attached hydrogens (tertiary/aromatic N) is 4. The molecule has 0 spiro atoms. The van der Waals surface area contributed by atoms with E-state index in [0.29, 0.717) is 30.5 Å². The number of likely N-dealkylation sites (tertiary alicyclic amines) is 1. The Balaban J connectivity index is 1.63. The van der Waals surface area contributed by atoms with E-state index in [1.165, 1.54) is 6.26 Å². The Morgan fingerprint density at radius 2 is 2.30 bits per heavy atom. The largest absolute Gasteiger partial charge is 0.467 e. The summed E-state index contributed by atoms with van der Waals surface area (Å²) < 4.78 is 43.8. The number of aromatic amines is 1. The number of carbonyl (C=O) groups excluding carboxylic acids is 1. The Kier molecular flexibility index (Phi) is 5.83. The molecule has 7 nitrogen and oxygen atoms in total. The number of nitrogens with one attached hydrogen (secondary N) is 1. The van der Waals surface area contributed by atoms with Crippen molar-refractivity contribution in [2.24, 2.45) is 0 Å². The van der Waals surface area contributed by atoms with E-state index in [4.69, 9.17) is 4.42 Å². The average molecular weight is 385 g/mol. The predicted molar refractivity (Wildman–Crippen MR) is 89.7 cm³/mol. The normalized spacial score (nSPS) is 18.6. The molecule has 0 radical (unpaired) electrons. The molecule has 1 atom stereocenters. The number of furan rings is 1. The molecule has 2 aromatic rings. The zero-order chi connectivity index (χ0) is 19.4. The van der Waals surface area contributed by atoms with Crippen LogP contribution in [0.2, 0.25) is 0 Å². The quantitative estimate of drug-likeness (QED) is 0.827. The van der Waals surface area contributed by atoms with E-state index in [9.17, 15) is 18.0 Å². The van der Waals surface area contributed by atoms with Gasteiger partial charge in [-0.05, 0) is 38.4 Å². The second-order valence-corrected chi connectivity index (χ2v) is 6.80. The monoisotopic (exact) mass is 385 g/mol. The van der Waals surface area contributed by atoms with E-state index in [0.717, 1.165) is 17.7 Å². The van der Waals surface area contributed by atoms with Crippen molar-refractivity contribution < 1.29 is 22.4 Å². The highest BCUT2D eigenvalue weighted by Gasteiger charge is 2.34. The molecule has 1 N–H and O–H groups in total. The van der Waals surface area contributed by atoms with Gasteiger partial charge in [0.1, 0.15) is 18.1 Å². The standard InChI is InChI=1S/C17H22F3N5O2/c1-12-21-16(23-22-12)13-4-2-6-24(8-13)10-15(26)25(11-17(18,19)20)9-14-5-3-7-27-14/h3,5,7,13H,2,4,6,8-11H2,1H3,(H,21,22,23)/t13-/m0/s1. The molecule has 0 unspecified atom stereocenters. The van der Waals surface area contributed by atoms with Crippen molar-refractivity contribution in [3.05, 3.63) is 35.8 Å². The molecule has 148 valence electrons. The number of carbonyl (C=O) groups is 1. The smallest absolute Gasteiger partial charge is 0.406 e. The van der Waals surface area contributed by atoms with Crippen molar-refractivity contribution >= 4 is 5.91 Å². The predicted octanol–water partition coefficient (Wildman–Crippen LogP) is 2.48. The molecule has 1 saturated heterocycles. The van der Waals surface area contributed by atoms with Gasteiger partial charge in [0, 0.05) is 12.5 Å². The Labute approximate surface area is 154 Å².